The Morgan fingerprint density at radius 1 is 1.26 bits per heavy atom. The summed E-state index contributed by atoms with van der Waals surface area (Å²) in [6, 6.07) is 8.73. The molecule has 0 aromatic heterocycles. The van der Waals surface area contributed by atoms with Crippen LogP contribution < -0.4 is 0 Å². The van der Waals surface area contributed by atoms with Crippen molar-refractivity contribution in [2.75, 3.05) is 5.33 Å². The molecular weight excluding hydrogens is 300 g/mol. The fourth-order valence-corrected chi connectivity index (χ4v) is 3.48. The van der Waals surface area contributed by atoms with Crippen molar-refractivity contribution < 1.29 is 4.74 Å². The van der Waals surface area contributed by atoms with E-state index in [9.17, 15) is 0 Å². The largest absolute Gasteiger partial charge is 0.369 e. The van der Waals surface area contributed by atoms with Gasteiger partial charge in [-0.3, -0.25) is 0 Å². The molecule has 1 aromatic rings. The molecule has 0 aliphatic heterocycles. The first kappa shape index (κ1) is 15.1. The molecule has 1 fully saturated rings. The maximum Gasteiger partial charge on any atom is 0.0925 e. The van der Waals surface area contributed by atoms with Crippen LogP contribution in [0.1, 0.15) is 56.3 Å². The van der Waals surface area contributed by atoms with Gasteiger partial charge >= 0.3 is 0 Å². The van der Waals surface area contributed by atoms with Crippen LogP contribution in [0.3, 0.4) is 0 Å². The number of benzene rings is 1. The van der Waals surface area contributed by atoms with E-state index in [4.69, 9.17) is 4.74 Å². The van der Waals surface area contributed by atoms with E-state index in [1.807, 2.05) is 0 Å². The zero-order valence-corrected chi connectivity index (χ0v) is 13.7. The molecule has 0 bridgehead atoms. The minimum absolute atomic E-state index is 0.196. The molecule has 1 aliphatic rings. The van der Waals surface area contributed by atoms with Crippen molar-refractivity contribution in [2.24, 2.45) is 5.92 Å². The zero-order chi connectivity index (χ0) is 13.7. The lowest BCUT2D eigenvalue weighted by Crippen LogP contribution is -2.25. The zero-order valence-electron chi connectivity index (χ0n) is 12.1. The van der Waals surface area contributed by atoms with Crippen molar-refractivity contribution in [3.05, 3.63) is 35.4 Å². The average Bonchev–Trinajstić information content (AvgIpc) is 2.46. The summed E-state index contributed by atoms with van der Waals surface area (Å²) in [5.41, 5.74) is 2.60. The fourth-order valence-electron chi connectivity index (χ4n) is 2.95. The lowest BCUT2D eigenvalue weighted by atomic mass is 9.85. The van der Waals surface area contributed by atoms with Crippen molar-refractivity contribution >= 4 is 15.9 Å². The van der Waals surface area contributed by atoms with Gasteiger partial charge in [-0.25, -0.2) is 0 Å². The highest BCUT2D eigenvalue weighted by molar-refractivity contribution is 9.09. The van der Waals surface area contributed by atoms with E-state index in [1.54, 1.807) is 0 Å². The summed E-state index contributed by atoms with van der Waals surface area (Å²) in [6.45, 7) is 4.43. The van der Waals surface area contributed by atoms with Crippen LogP contribution in [0.15, 0.2) is 24.3 Å². The van der Waals surface area contributed by atoms with E-state index in [-0.39, 0.29) is 6.10 Å². The van der Waals surface area contributed by atoms with Crippen molar-refractivity contribution in [3.63, 3.8) is 0 Å². The van der Waals surface area contributed by atoms with Gasteiger partial charge in [0.25, 0.3) is 0 Å². The predicted octanol–water partition coefficient (Wildman–Crippen LogP) is 5.42. The molecule has 0 spiro atoms. The van der Waals surface area contributed by atoms with Crippen molar-refractivity contribution in [2.45, 2.75) is 58.2 Å². The van der Waals surface area contributed by atoms with Crippen molar-refractivity contribution in [3.8, 4) is 0 Å². The normalized spacial score (nSPS) is 25.2. The Morgan fingerprint density at radius 2 is 2.00 bits per heavy atom. The fraction of sp³-hybridized carbons (Fsp3) is 0.647. The van der Waals surface area contributed by atoms with Crippen molar-refractivity contribution in [1.29, 1.82) is 0 Å². The third-order valence-corrected chi connectivity index (χ3v) is 4.85. The molecule has 3 atom stereocenters. The first-order valence-electron chi connectivity index (χ1n) is 7.51. The quantitative estimate of drug-likeness (QED) is 0.657. The van der Waals surface area contributed by atoms with Gasteiger partial charge in [0, 0.05) is 5.33 Å². The van der Waals surface area contributed by atoms with E-state index in [0.29, 0.717) is 6.10 Å². The predicted molar refractivity (Wildman–Crippen MR) is 84.8 cm³/mol. The van der Waals surface area contributed by atoms with Gasteiger partial charge < -0.3 is 4.74 Å². The van der Waals surface area contributed by atoms with E-state index >= 15 is 0 Å². The van der Waals surface area contributed by atoms with Crippen LogP contribution in [0.25, 0.3) is 0 Å². The van der Waals surface area contributed by atoms with Gasteiger partial charge in [-0.2, -0.15) is 0 Å². The number of alkyl halides is 1. The van der Waals surface area contributed by atoms with Gasteiger partial charge in [0.05, 0.1) is 12.2 Å². The first-order chi connectivity index (χ1) is 9.22. The summed E-state index contributed by atoms with van der Waals surface area (Å²) in [4.78, 5) is 0. The molecule has 0 radical (unpaired) electrons. The Bertz CT molecular complexity index is 373. The number of halogens is 1. The standard InChI is InChI=1S/C17H25BrO/c1-3-14-5-4-6-16(11-14)19-17(12-18)15-9-7-13(2)8-10-15/h7-10,14,16-17H,3-6,11-12H2,1-2H3. The summed E-state index contributed by atoms with van der Waals surface area (Å²) in [5, 5.41) is 0.878. The van der Waals surface area contributed by atoms with E-state index in [2.05, 4.69) is 54.0 Å². The molecule has 0 heterocycles. The summed E-state index contributed by atoms with van der Waals surface area (Å²) >= 11 is 3.61. The smallest absolute Gasteiger partial charge is 0.0925 e. The lowest BCUT2D eigenvalue weighted by Gasteiger charge is -2.31. The molecule has 1 aliphatic carbocycles. The second-order valence-corrected chi connectivity index (χ2v) is 6.40. The van der Waals surface area contributed by atoms with Gasteiger partial charge in [-0.05, 0) is 31.2 Å². The third-order valence-electron chi connectivity index (χ3n) is 4.26. The molecule has 0 amide bonds. The summed E-state index contributed by atoms with van der Waals surface area (Å²) in [5.74, 6) is 0.868. The molecule has 0 N–H and O–H groups in total. The number of ether oxygens (including phenoxy) is 1. The van der Waals surface area contributed by atoms with Gasteiger partial charge in [-0.15, -0.1) is 0 Å². The van der Waals surface area contributed by atoms with Crippen LogP contribution in [0, 0.1) is 12.8 Å². The molecule has 3 unspecified atom stereocenters. The van der Waals surface area contributed by atoms with Crippen LogP contribution in [0.5, 0.6) is 0 Å². The topological polar surface area (TPSA) is 9.23 Å². The molecule has 1 aromatic carbocycles. The van der Waals surface area contributed by atoms with Crippen LogP contribution in [0.2, 0.25) is 0 Å². The van der Waals surface area contributed by atoms with Gasteiger partial charge in [0.1, 0.15) is 0 Å². The maximum atomic E-state index is 6.35. The van der Waals surface area contributed by atoms with Gasteiger partial charge in [-0.1, -0.05) is 71.9 Å². The van der Waals surface area contributed by atoms with E-state index in [1.165, 1.54) is 43.2 Å². The molecule has 1 nitrogen and oxygen atoms in total. The summed E-state index contributed by atoms with van der Waals surface area (Å²) in [7, 11) is 0. The lowest BCUT2D eigenvalue weighted by molar-refractivity contribution is -0.0312. The Labute approximate surface area is 125 Å². The highest BCUT2D eigenvalue weighted by atomic mass is 79.9. The molecule has 106 valence electrons. The van der Waals surface area contributed by atoms with Gasteiger partial charge in [0.2, 0.25) is 0 Å². The summed E-state index contributed by atoms with van der Waals surface area (Å²) < 4.78 is 6.35. The number of rotatable bonds is 5. The highest BCUT2D eigenvalue weighted by Crippen LogP contribution is 2.32. The van der Waals surface area contributed by atoms with Crippen molar-refractivity contribution in [1.82, 2.24) is 0 Å². The van der Waals surface area contributed by atoms with E-state index < -0.39 is 0 Å². The molecule has 1 saturated carbocycles. The molecule has 2 heteroatoms. The van der Waals surface area contributed by atoms with Crippen LogP contribution in [-0.2, 0) is 4.74 Å². The molecule has 0 saturated heterocycles. The summed E-state index contributed by atoms with van der Waals surface area (Å²) in [6.07, 6.45) is 7.12. The minimum atomic E-state index is 0.196. The second kappa shape index (κ2) is 7.44. The third kappa shape index (κ3) is 4.32. The Hall–Kier alpha value is -0.340. The molecule has 19 heavy (non-hydrogen) atoms. The number of aryl methyl sites for hydroxylation is 1. The van der Waals surface area contributed by atoms with Crippen LogP contribution in [0.4, 0.5) is 0 Å². The Balaban J connectivity index is 1.96. The maximum absolute atomic E-state index is 6.35. The molecule has 2 rings (SSSR count). The SMILES string of the molecule is CCC1CCCC(OC(CBr)c2ccc(C)cc2)C1. The first-order valence-corrected chi connectivity index (χ1v) is 8.63. The van der Waals surface area contributed by atoms with Crippen LogP contribution >= 0.6 is 15.9 Å². The number of hydrogen-bond donors (Lipinski definition) is 0. The monoisotopic (exact) mass is 324 g/mol. The Morgan fingerprint density at radius 3 is 2.63 bits per heavy atom. The minimum Gasteiger partial charge on any atom is -0.369 e. The highest BCUT2D eigenvalue weighted by Gasteiger charge is 2.24. The number of hydrogen-bond acceptors (Lipinski definition) is 1. The average molecular weight is 325 g/mol. The second-order valence-electron chi connectivity index (χ2n) is 5.75. The Kier molecular flexibility index (Phi) is 5.90. The van der Waals surface area contributed by atoms with Crippen LogP contribution in [-0.4, -0.2) is 11.4 Å². The van der Waals surface area contributed by atoms with Gasteiger partial charge in [0.15, 0.2) is 0 Å². The molecular formula is C17H25BrO. The van der Waals surface area contributed by atoms with E-state index in [0.717, 1.165) is 11.2 Å².